The molecule has 0 heterocycles. The summed E-state index contributed by atoms with van der Waals surface area (Å²) in [5.41, 5.74) is 2.49. The van der Waals surface area contributed by atoms with Crippen molar-refractivity contribution in [2.75, 3.05) is 20.8 Å². The van der Waals surface area contributed by atoms with Crippen molar-refractivity contribution in [3.05, 3.63) is 10.1 Å². The summed E-state index contributed by atoms with van der Waals surface area (Å²) in [6.45, 7) is 16.5. The van der Waals surface area contributed by atoms with Gasteiger partial charge in [-0.1, -0.05) is 48.5 Å². The molecule has 0 aromatic rings. The van der Waals surface area contributed by atoms with E-state index in [-0.39, 0.29) is 17.6 Å². The maximum absolute atomic E-state index is 12.6. The summed E-state index contributed by atoms with van der Waals surface area (Å²) >= 11 is 3.47. The Hall–Kier alpha value is -0.0131. The summed E-state index contributed by atoms with van der Waals surface area (Å²) in [7, 11) is 1.26. The normalized spacial score (nSPS) is 22.5. The molecule has 4 nitrogen and oxygen atoms in total. The van der Waals surface area contributed by atoms with Gasteiger partial charge in [0.25, 0.3) is 0 Å². The molecule has 0 saturated carbocycles. The number of Topliss-reactive ketones (excluding diaryl/α,β-unsaturated/α-hetero) is 1. The predicted octanol–water partition coefficient (Wildman–Crippen LogP) is 5.67. The van der Waals surface area contributed by atoms with Crippen LogP contribution in [-0.4, -0.2) is 41.2 Å². The van der Waals surface area contributed by atoms with Crippen molar-refractivity contribution in [1.29, 1.82) is 0 Å². The van der Waals surface area contributed by atoms with E-state index in [1.807, 2.05) is 0 Å². The van der Waals surface area contributed by atoms with Crippen LogP contribution in [0.25, 0.3) is 0 Å². The average Bonchev–Trinajstić information content (AvgIpc) is 2.55. The molecule has 0 radical (unpaired) electrons. The minimum absolute atomic E-state index is 0.108. The van der Waals surface area contributed by atoms with Crippen LogP contribution in [0.3, 0.4) is 0 Å². The first-order valence-electron chi connectivity index (χ1n) is 9.66. The van der Waals surface area contributed by atoms with Crippen LogP contribution in [0.4, 0.5) is 0 Å². The minimum Gasteiger partial charge on any atom is -0.416 e. The van der Waals surface area contributed by atoms with Crippen molar-refractivity contribution in [3.8, 4) is 0 Å². The van der Waals surface area contributed by atoms with Gasteiger partial charge in [-0.05, 0) is 44.4 Å². The monoisotopic (exact) mass is 448 g/mol. The summed E-state index contributed by atoms with van der Waals surface area (Å²) in [6, 6.07) is 0. The molecule has 0 unspecified atom stereocenters. The molecule has 0 spiro atoms. The second-order valence-electron chi connectivity index (χ2n) is 8.38. The number of hydrogen-bond donors (Lipinski definition) is 0. The van der Waals surface area contributed by atoms with Gasteiger partial charge in [-0.15, -0.1) is 0 Å². The summed E-state index contributed by atoms with van der Waals surface area (Å²) in [5.74, 6) is 0.414. The lowest BCUT2D eigenvalue weighted by molar-refractivity contribution is -0.119. The number of ketones is 1. The van der Waals surface area contributed by atoms with E-state index in [1.54, 1.807) is 14.2 Å². The summed E-state index contributed by atoms with van der Waals surface area (Å²) in [6.07, 6.45) is -0.00196. The number of carbonyl (C=O) groups is 1. The number of allylic oxidation sites excluding steroid dienone is 1. The van der Waals surface area contributed by atoms with E-state index in [2.05, 4.69) is 64.4 Å². The molecular weight excluding hydrogens is 412 g/mol. The highest BCUT2D eigenvalue weighted by molar-refractivity contribution is 9.12. The molecule has 0 fully saturated rings. The van der Waals surface area contributed by atoms with Crippen molar-refractivity contribution >= 4 is 30.0 Å². The first-order valence-corrected chi connectivity index (χ1v) is 12.6. The van der Waals surface area contributed by atoms with Gasteiger partial charge in [-0.2, -0.15) is 0 Å². The van der Waals surface area contributed by atoms with Crippen LogP contribution in [0.1, 0.15) is 54.9 Å². The molecule has 0 saturated heterocycles. The molecule has 0 N–H and O–H groups in total. The Bertz CT molecular complexity index is 490. The standard InChI is InChI=1S/C20H37BrO4Si/c1-12(2)26(13(3)4,14(5)6)25-11-16-10-17(22)19(21)18(15(16)7)20(23-8)24-9/h12-16,20H,10-11H2,1-9H3/t15-,16-/m0/s1. The zero-order chi connectivity index (χ0) is 20.2. The molecule has 1 rings (SSSR count). The molecular formula is C20H37BrO4Si. The fourth-order valence-corrected chi connectivity index (χ4v) is 11.0. The van der Waals surface area contributed by atoms with Gasteiger partial charge >= 0.3 is 0 Å². The molecule has 0 bridgehead atoms. The third kappa shape index (κ3) is 4.69. The van der Waals surface area contributed by atoms with Crippen molar-refractivity contribution < 1.29 is 18.7 Å². The van der Waals surface area contributed by atoms with Gasteiger partial charge < -0.3 is 13.9 Å². The van der Waals surface area contributed by atoms with Crippen LogP contribution < -0.4 is 0 Å². The zero-order valence-electron chi connectivity index (χ0n) is 17.9. The first-order chi connectivity index (χ1) is 12.0. The molecule has 1 aliphatic carbocycles. The highest BCUT2D eigenvalue weighted by Crippen LogP contribution is 2.44. The number of hydrogen-bond acceptors (Lipinski definition) is 4. The van der Waals surface area contributed by atoms with Crippen molar-refractivity contribution in [3.63, 3.8) is 0 Å². The Morgan fingerprint density at radius 3 is 1.88 bits per heavy atom. The highest BCUT2D eigenvalue weighted by atomic mass is 79.9. The van der Waals surface area contributed by atoms with Crippen molar-refractivity contribution in [2.45, 2.75) is 77.8 Å². The molecule has 0 aromatic heterocycles. The van der Waals surface area contributed by atoms with E-state index in [0.29, 0.717) is 34.1 Å². The number of carbonyl (C=O) groups excluding carboxylic acids is 1. The van der Waals surface area contributed by atoms with Gasteiger partial charge in [0.2, 0.25) is 0 Å². The van der Waals surface area contributed by atoms with Gasteiger partial charge in [-0.25, -0.2) is 0 Å². The lowest BCUT2D eigenvalue weighted by atomic mass is 9.79. The Morgan fingerprint density at radius 1 is 1.04 bits per heavy atom. The van der Waals surface area contributed by atoms with Gasteiger partial charge in [0, 0.05) is 32.8 Å². The first kappa shape index (κ1) is 24.0. The van der Waals surface area contributed by atoms with E-state index >= 15 is 0 Å². The Balaban J connectivity index is 3.09. The number of ether oxygens (including phenoxy) is 2. The van der Waals surface area contributed by atoms with Crippen LogP contribution in [0, 0.1) is 11.8 Å². The van der Waals surface area contributed by atoms with E-state index in [9.17, 15) is 4.79 Å². The maximum Gasteiger partial charge on any atom is 0.200 e. The fraction of sp³-hybridized carbons (Fsp3) is 0.850. The van der Waals surface area contributed by atoms with Crippen LogP contribution in [0.5, 0.6) is 0 Å². The number of methoxy groups -OCH3 is 2. The molecule has 26 heavy (non-hydrogen) atoms. The van der Waals surface area contributed by atoms with Crippen molar-refractivity contribution in [2.24, 2.45) is 11.8 Å². The quantitative estimate of drug-likeness (QED) is 0.336. The van der Waals surface area contributed by atoms with Gasteiger partial charge in [-0.3, -0.25) is 4.79 Å². The smallest absolute Gasteiger partial charge is 0.200 e. The van der Waals surface area contributed by atoms with E-state index in [4.69, 9.17) is 13.9 Å². The Morgan fingerprint density at radius 2 is 1.50 bits per heavy atom. The molecule has 6 heteroatoms. The third-order valence-corrected chi connectivity index (χ3v) is 13.1. The van der Waals surface area contributed by atoms with Gasteiger partial charge in [0.1, 0.15) is 0 Å². The molecule has 1 aliphatic rings. The summed E-state index contributed by atoms with van der Waals surface area (Å²) in [5, 5.41) is 0. The molecule has 0 aliphatic heterocycles. The zero-order valence-corrected chi connectivity index (χ0v) is 20.5. The third-order valence-electron chi connectivity index (χ3n) is 6.08. The van der Waals surface area contributed by atoms with E-state index in [0.717, 1.165) is 5.57 Å². The van der Waals surface area contributed by atoms with E-state index in [1.165, 1.54) is 0 Å². The van der Waals surface area contributed by atoms with Gasteiger partial charge in [0.15, 0.2) is 20.4 Å². The molecule has 0 aromatic carbocycles. The highest BCUT2D eigenvalue weighted by Gasteiger charge is 2.46. The van der Waals surface area contributed by atoms with E-state index < -0.39 is 14.6 Å². The number of halogens is 1. The maximum atomic E-state index is 12.6. The number of rotatable bonds is 9. The SMILES string of the molecule is COC(OC)C1=C(Br)C(=O)C[C@@H](CO[Si](C(C)C)(C(C)C)C(C)C)[C@@H]1C. The Kier molecular flexibility index (Phi) is 9.21. The lowest BCUT2D eigenvalue weighted by Crippen LogP contribution is -2.49. The summed E-state index contributed by atoms with van der Waals surface area (Å²) < 4.78 is 18.3. The Labute approximate surface area is 169 Å². The predicted molar refractivity (Wildman–Crippen MR) is 113 cm³/mol. The molecule has 2 atom stereocenters. The largest absolute Gasteiger partial charge is 0.416 e. The molecule has 0 amide bonds. The lowest BCUT2D eigenvalue weighted by Gasteiger charge is -2.44. The fourth-order valence-electron chi connectivity index (χ4n) is 4.74. The van der Waals surface area contributed by atoms with Gasteiger partial charge in [0.05, 0.1) is 4.48 Å². The second-order valence-corrected chi connectivity index (χ2v) is 14.6. The van der Waals surface area contributed by atoms with Crippen LogP contribution >= 0.6 is 15.9 Å². The molecule has 152 valence electrons. The van der Waals surface area contributed by atoms with Crippen molar-refractivity contribution in [1.82, 2.24) is 0 Å². The minimum atomic E-state index is -1.95. The van der Waals surface area contributed by atoms with Crippen LogP contribution in [-0.2, 0) is 18.7 Å². The van der Waals surface area contributed by atoms with Crippen LogP contribution in [0.15, 0.2) is 10.1 Å². The average molecular weight is 450 g/mol. The topological polar surface area (TPSA) is 44.8 Å². The van der Waals surface area contributed by atoms with Crippen LogP contribution in [0.2, 0.25) is 16.6 Å². The summed E-state index contributed by atoms with van der Waals surface area (Å²) in [4.78, 5) is 12.6. The second kappa shape index (κ2) is 9.96.